The molecule has 0 saturated carbocycles. The van der Waals surface area contributed by atoms with Crippen LogP contribution in [0.25, 0.3) is 17.2 Å². The standard InChI is InChI=1S/C27H29NO5S/c1-6-33-27(30)25-21(20-11-9-19(10-12-20)17(2)3)16-34-26(25)28-24(29)14-8-18-7-13-22(31-4)23(15-18)32-5/h7-17H,6H2,1-5H3,(H,28,29)/b14-8+. The number of rotatable bonds is 9. The average Bonchev–Trinajstić information content (AvgIpc) is 3.26. The normalized spacial score (nSPS) is 11.0. The van der Waals surface area contributed by atoms with Crippen LogP contribution in [0.1, 0.15) is 48.2 Å². The molecule has 1 amide bonds. The van der Waals surface area contributed by atoms with E-state index < -0.39 is 5.97 Å². The van der Waals surface area contributed by atoms with Crippen molar-refractivity contribution in [1.82, 2.24) is 0 Å². The molecule has 0 radical (unpaired) electrons. The first-order valence-corrected chi connectivity index (χ1v) is 11.9. The van der Waals surface area contributed by atoms with Gasteiger partial charge in [-0.05, 0) is 47.7 Å². The molecule has 0 bridgehead atoms. The van der Waals surface area contributed by atoms with Crippen LogP contribution in [0.4, 0.5) is 5.00 Å². The summed E-state index contributed by atoms with van der Waals surface area (Å²) in [6.45, 7) is 6.26. The summed E-state index contributed by atoms with van der Waals surface area (Å²) in [6, 6.07) is 13.4. The molecule has 7 heteroatoms. The van der Waals surface area contributed by atoms with Crippen molar-refractivity contribution >= 4 is 34.3 Å². The molecule has 3 rings (SSSR count). The Bertz CT molecular complexity index is 1180. The Morgan fingerprint density at radius 2 is 1.74 bits per heavy atom. The van der Waals surface area contributed by atoms with Crippen molar-refractivity contribution in [3.05, 3.63) is 70.6 Å². The Labute approximate surface area is 204 Å². The number of thiophene rings is 1. The first-order valence-electron chi connectivity index (χ1n) is 11.0. The smallest absolute Gasteiger partial charge is 0.341 e. The van der Waals surface area contributed by atoms with Gasteiger partial charge in [0.05, 0.1) is 20.8 Å². The van der Waals surface area contributed by atoms with Gasteiger partial charge in [-0.1, -0.05) is 44.2 Å². The summed E-state index contributed by atoms with van der Waals surface area (Å²) in [7, 11) is 3.12. The van der Waals surface area contributed by atoms with E-state index in [1.165, 1.54) is 23.0 Å². The van der Waals surface area contributed by atoms with Gasteiger partial charge in [0.25, 0.3) is 0 Å². The van der Waals surface area contributed by atoms with E-state index in [2.05, 4.69) is 31.3 Å². The number of nitrogens with one attached hydrogen (secondary N) is 1. The summed E-state index contributed by atoms with van der Waals surface area (Å²) in [5.74, 6) is 0.764. The summed E-state index contributed by atoms with van der Waals surface area (Å²) in [5, 5.41) is 5.14. The second-order valence-electron chi connectivity index (χ2n) is 7.79. The minimum absolute atomic E-state index is 0.243. The maximum absolute atomic E-state index is 12.8. The lowest BCUT2D eigenvalue weighted by Crippen LogP contribution is -2.12. The Hall–Kier alpha value is -3.58. The minimum Gasteiger partial charge on any atom is -0.493 e. The highest BCUT2D eigenvalue weighted by atomic mass is 32.1. The fourth-order valence-electron chi connectivity index (χ4n) is 3.40. The third kappa shape index (κ3) is 5.85. The average molecular weight is 480 g/mol. The molecule has 2 aromatic carbocycles. The molecular weight excluding hydrogens is 450 g/mol. The van der Waals surface area contributed by atoms with Crippen molar-refractivity contribution in [2.75, 3.05) is 26.1 Å². The van der Waals surface area contributed by atoms with Gasteiger partial charge in [0.1, 0.15) is 10.6 Å². The van der Waals surface area contributed by atoms with E-state index in [-0.39, 0.29) is 12.5 Å². The first kappa shape index (κ1) is 25.1. The van der Waals surface area contributed by atoms with Gasteiger partial charge in [-0.25, -0.2) is 4.79 Å². The Kier molecular flexibility index (Phi) is 8.49. The zero-order chi connectivity index (χ0) is 24.7. The number of hydrogen-bond acceptors (Lipinski definition) is 6. The second-order valence-corrected chi connectivity index (χ2v) is 8.67. The van der Waals surface area contributed by atoms with E-state index in [4.69, 9.17) is 14.2 Å². The van der Waals surface area contributed by atoms with E-state index in [1.807, 2.05) is 23.6 Å². The molecule has 0 aliphatic heterocycles. The maximum atomic E-state index is 12.8. The third-order valence-corrected chi connectivity index (χ3v) is 6.13. The fourth-order valence-corrected chi connectivity index (χ4v) is 4.36. The fraction of sp³-hybridized carbons (Fsp3) is 0.259. The topological polar surface area (TPSA) is 73.9 Å². The summed E-state index contributed by atoms with van der Waals surface area (Å²) < 4.78 is 15.8. The third-order valence-electron chi connectivity index (χ3n) is 5.23. The second kappa shape index (κ2) is 11.5. The Morgan fingerprint density at radius 1 is 1.03 bits per heavy atom. The highest BCUT2D eigenvalue weighted by Crippen LogP contribution is 2.37. The molecular formula is C27H29NO5S. The zero-order valence-corrected chi connectivity index (χ0v) is 20.8. The van der Waals surface area contributed by atoms with Gasteiger partial charge in [0.15, 0.2) is 11.5 Å². The number of amides is 1. The number of carbonyl (C=O) groups excluding carboxylic acids is 2. The monoisotopic (exact) mass is 479 g/mol. The van der Waals surface area contributed by atoms with Gasteiger partial charge in [-0.2, -0.15) is 0 Å². The van der Waals surface area contributed by atoms with Crippen LogP contribution < -0.4 is 14.8 Å². The lowest BCUT2D eigenvalue weighted by molar-refractivity contribution is -0.111. The van der Waals surface area contributed by atoms with Gasteiger partial charge in [0, 0.05) is 17.0 Å². The number of hydrogen-bond donors (Lipinski definition) is 1. The van der Waals surface area contributed by atoms with Crippen LogP contribution in [-0.2, 0) is 9.53 Å². The first-order chi connectivity index (χ1) is 16.4. The molecule has 0 spiro atoms. The molecule has 0 aliphatic rings. The van der Waals surface area contributed by atoms with Crippen molar-refractivity contribution < 1.29 is 23.8 Å². The van der Waals surface area contributed by atoms with Crippen molar-refractivity contribution in [2.24, 2.45) is 0 Å². The van der Waals surface area contributed by atoms with Gasteiger partial charge >= 0.3 is 5.97 Å². The zero-order valence-electron chi connectivity index (χ0n) is 20.0. The SMILES string of the molecule is CCOC(=O)c1c(-c2ccc(C(C)C)cc2)csc1NC(=O)/C=C/c1ccc(OC)c(OC)c1. The molecule has 34 heavy (non-hydrogen) atoms. The predicted octanol–water partition coefficient (Wildman–Crippen LogP) is 6.38. The van der Waals surface area contributed by atoms with Crippen LogP contribution in [0.5, 0.6) is 11.5 Å². The van der Waals surface area contributed by atoms with E-state index >= 15 is 0 Å². The quantitative estimate of drug-likeness (QED) is 0.285. The molecule has 0 atom stereocenters. The van der Waals surface area contributed by atoms with Crippen LogP contribution in [0.3, 0.4) is 0 Å². The van der Waals surface area contributed by atoms with Gasteiger partial charge < -0.3 is 19.5 Å². The van der Waals surface area contributed by atoms with E-state index in [0.29, 0.717) is 28.0 Å². The number of methoxy groups -OCH3 is 2. The molecule has 0 fully saturated rings. The molecule has 1 heterocycles. The number of anilines is 1. The maximum Gasteiger partial charge on any atom is 0.341 e. The molecule has 1 aromatic heterocycles. The van der Waals surface area contributed by atoms with Crippen LogP contribution in [-0.4, -0.2) is 32.7 Å². The van der Waals surface area contributed by atoms with Gasteiger partial charge in [-0.15, -0.1) is 11.3 Å². The highest BCUT2D eigenvalue weighted by Gasteiger charge is 2.22. The van der Waals surface area contributed by atoms with Crippen molar-refractivity contribution in [3.63, 3.8) is 0 Å². The lowest BCUT2D eigenvalue weighted by Gasteiger charge is -2.10. The molecule has 0 aliphatic carbocycles. The number of esters is 1. The summed E-state index contributed by atoms with van der Waals surface area (Å²) in [4.78, 5) is 25.4. The van der Waals surface area contributed by atoms with Crippen LogP contribution in [0, 0.1) is 0 Å². The van der Waals surface area contributed by atoms with E-state index in [9.17, 15) is 9.59 Å². The summed E-state index contributed by atoms with van der Waals surface area (Å²) in [5.41, 5.74) is 3.97. The molecule has 178 valence electrons. The number of ether oxygens (including phenoxy) is 3. The molecule has 1 N–H and O–H groups in total. The van der Waals surface area contributed by atoms with Gasteiger partial charge in [0.2, 0.25) is 5.91 Å². The van der Waals surface area contributed by atoms with Crippen LogP contribution in [0.15, 0.2) is 53.9 Å². The minimum atomic E-state index is -0.467. The summed E-state index contributed by atoms with van der Waals surface area (Å²) in [6.07, 6.45) is 3.08. The summed E-state index contributed by atoms with van der Waals surface area (Å²) >= 11 is 1.29. The molecule has 3 aromatic rings. The Balaban J connectivity index is 1.85. The number of carbonyl (C=O) groups is 2. The van der Waals surface area contributed by atoms with Crippen LogP contribution in [0.2, 0.25) is 0 Å². The van der Waals surface area contributed by atoms with E-state index in [0.717, 1.165) is 16.7 Å². The molecule has 0 saturated heterocycles. The predicted molar refractivity (Wildman–Crippen MR) is 137 cm³/mol. The largest absolute Gasteiger partial charge is 0.493 e. The van der Waals surface area contributed by atoms with Gasteiger partial charge in [-0.3, -0.25) is 4.79 Å². The lowest BCUT2D eigenvalue weighted by atomic mass is 9.98. The number of benzene rings is 2. The van der Waals surface area contributed by atoms with Crippen LogP contribution >= 0.6 is 11.3 Å². The molecule has 0 unspecified atom stereocenters. The van der Waals surface area contributed by atoms with E-state index in [1.54, 1.807) is 39.4 Å². The molecule has 6 nitrogen and oxygen atoms in total. The van der Waals surface area contributed by atoms with Crippen molar-refractivity contribution in [2.45, 2.75) is 26.7 Å². The van der Waals surface area contributed by atoms with Crippen molar-refractivity contribution in [3.8, 4) is 22.6 Å². The highest BCUT2D eigenvalue weighted by molar-refractivity contribution is 7.15. The Morgan fingerprint density at radius 3 is 2.35 bits per heavy atom. The van der Waals surface area contributed by atoms with Crippen molar-refractivity contribution in [1.29, 1.82) is 0 Å².